The quantitative estimate of drug-likeness (QED) is 0.873. The Kier molecular flexibility index (Phi) is 4.50. The first-order valence-electron chi connectivity index (χ1n) is 6.48. The topological polar surface area (TPSA) is 35.6 Å². The summed E-state index contributed by atoms with van der Waals surface area (Å²) in [5, 5.41) is 3.23. The number of benzene rings is 1. The lowest BCUT2D eigenvalue weighted by molar-refractivity contribution is -0.136. The van der Waals surface area contributed by atoms with Crippen LogP contribution in [0.5, 0.6) is 0 Å². The van der Waals surface area contributed by atoms with E-state index in [9.17, 15) is 9.18 Å². The monoisotopic (exact) mass is 265 g/mol. The van der Waals surface area contributed by atoms with Gasteiger partial charge < -0.3 is 10.2 Å². The molecule has 1 unspecified atom stereocenters. The van der Waals surface area contributed by atoms with Crippen LogP contribution >= 0.6 is 0 Å². The summed E-state index contributed by atoms with van der Waals surface area (Å²) in [5.41, 5.74) is 0.934. The molecule has 1 aliphatic rings. The van der Waals surface area contributed by atoms with Gasteiger partial charge in [0, 0.05) is 33.2 Å². The average Bonchev–Trinajstić information content (AvgIpc) is 2.41. The summed E-state index contributed by atoms with van der Waals surface area (Å²) in [6.07, 6.45) is 0. The highest BCUT2D eigenvalue weighted by atomic mass is 19.1. The van der Waals surface area contributed by atoms with Crippen molar-refractivity contribution in [2.75, 3.05) is 33.7 Å². The van der Waals surface area contributed by atoms with Gasteiger partial charge in [-0.25, -0.2) is 4.39 Å². The van der Waals surface area contributed by atoms with Crippen LogP contribution in [0, 0.1) is 5.82 Å². The zero-order chi connectivity index (χ0) is 13.8. The van der Waals surface area contributed by atoms with E-state index in [1.165, 1.54) is 12.1 Å². The number of halogens is 1. The lowest BCUT2D eigenvalue weighted by Gasteiger charge is -2.34. The first-order valence-corrected chi connectivity index (χ1v) is 6.48. The van der Waals surface area contributed by atoms with E-state index >= 15 is 0 Å². The number of nitrogens with zero attached hydrogens (tertiary/aromatic N) is 2. The van der Waals surface area contributed by atoms with Gasteiger partial charge in [0.15, 0.2) is 0 Å². The Hall–Kier alpha value is -1.46. The predicted molar refractivity (Wildman–Crippen MR) is 72.2 cm³/mol. The van der Waals surface area contributed by atoms with Gasteiger partial charge in [0.25, 0.3) is 0 Å². The number of rotatable bonds is 3. The standard InChI is InChI=1S/C14H20FN3O/c1-17-8-7-16-9-13(17)14(19)18(2)10-11-3-5-12(15)6-4-11/h3-6,13,16H,7-10H2,1-2H3. The maximum atomic E-state index is 12.8. The van der Waals surface area contributed by atoms with Crippen LogP contribution in [0.1, 0.15) is 5.56 Å². The molecular weight excluding hydrogens is 245 g/mol. The van der Waals surface area contributed by atoms with Crippen molar-refractivity contribution < 1.29 is 9.18 Å². The van der Waals surface area contributed by atoms with Gasteiger partial charge in [-0.2, -0.15) is 0 Å². The number of piperazine rings is 1. The first-order chi connectivity index (χ1) is 9.08. The van der Waals surface area contributed by atoms with Gasteiger partial charge in [0.2, 0.25) is 5.91 Å². The fourth-order valence-electron chi connectivity index (χ4n) is 2.28. The summed E-state index contributed by atoms with van der Waals surface area (Å²) in [5.74, 6) is -0.159. The molecule has 19 heavy (non-hydrogen) atoms. The van der Waals surface area contributed by atoms with Crippen molar-refractivity contribution in [1.29, 1.82) is 0 Å². The number of amides is 1. The van der Waals surface area contributed by atoms with E-state index in [2.05, 4.69) is 10.2 Å². The molecular formula is C14H20FN3O. The van der Waals surface area contributed by atoms with Crippen LogP contribution in [-0.4, -0.2) is 55.5 Å². The zero-order valence-corrected chi connectivity index (χ0v) is 11.4. The molecule has 1 amide bonds. The molecule has 0 aliphatic carbocycles. The van der Waals surface area contributed by atoms with Crippen molar-refractivity contribution in [3.05, 3.63) is 35.6 Å². The van der Waals surface area contributed by atoms with E-state index in [-0.39, 0.29) is 17.8 Å². The Morgan fingerprint density at radius 2 is 2.16 bits per heavy atom. The van der Waals surface area contributed by atoms with E-state index < -0.39 is 0 Å². The summed E-state index contributed by atoms with van der Waals surface area (Å²) in [6, 6.07) is 6.15. The normalized spacial score (nSPS) is 20.3. The van der Waals surface area contributed by atoms with Crippen molar-refractivity contribution in [3.63, 3.8) is 0 Å². The molecule has 5 heteroatoms. The van der Waals surface area contributed by atoms with E-state index in [1.54, 1.807) is 24.1 Å². The number of carbonyl (C=O) groups is 1. The SMILES string of the molecule is CN(Cc1ccc(F)cc1)C(=O)C1CNCCN1C. The molecule has 0 aromatic heterocycles. The van der Waals surface area contributed by atoms with Crippen LogP contribution in [0.15, 0.2) is 24.3 Å². The third kappa shape index (κ3) is 3.52. The van der Waals surface area contributed by atoms with E-state index in [1.807, 2.05) is 7.05 Å². The minimum Gasteiger partial charge on any atom is -0.340 e. The zero-order valence-electron chi connectivity index (χ0n) is 11.4. The van der Waals surface area contributed by atoms with Crippen LogP contribution in [0.3, 0.4) is 0 Å². The summed E-state index contributed by atoms with van der Waals surface area (Å²) >= 11 is 0. The molecule has 1 saturated heterocycles. The van der Waals surface area contributed by atoms with Gasteiger partial charge in [0.05, 0.1) is 0 Å². The highest BCUT2D eigenvalue weighted by Gasteiger charge is 2.28. The Morgan fingerprint density at radius 1 is 1.47 bits per heavy atom. The van der Waals surface area contributed by atoms with Crippen molar-refractivity contribution in [2.45, 2.75) is 12.6 Å². The second-order valence-electron chi connectivity index (χ2n) is 5.02. The van der Waals surface area contributed by atoms with E-state index in [0.717, 1.165) is 18.7 Å². The number of nitrogens with one attached hydrogen (secondary N) is 1. The molecule has 1 N–H and O–H groups in total. The summed E-state index contributed by atoms with van der Waals surface area (Å²) in [7, 11) is 3.75. The van der Waals surface area contributed by atoms with Crippen LogP contribution in [0.2, 0.25) is 0 Å². The summed E-state index contributed by atoms with van der Waals surface area (Å²) in [4.78, 5) is 16.1. The van der Waals surface area contributed by atoms with Gasteiger partial charge >= 0.3 is 0 Å². The molecule has 0 saturated carbocycles. The lowest BCUT2D eigenvalue weighted by atomic mass is 10.1. The van der Waals surface area contributed by atoms with Gasteiger partial charge in [-0.15, -0.1) is 0 Å². The largest absolute Gasteiger partial charge is 0.340 e. The second kappa shape index (κ2) is 6.12. The third-order valence-corrected chi connectivity index (χ3v) is 3.51. The molecule has 1 aromatic carbocycles. The maximum absolute atomic E-state index is 12.8. The summed E-state index contributed by atoms with van der Waals surface area (Å²) in [6.45, 7) is 2.98. The van der Waals surface area contributed by atoms with Gasteiger partial charge in [-0.05, 0) is 24.7 Å². The molecule has 1 aromatic rings. The molecule has 1 aliphatic heterocycles. The average molecular weight is 265 g/mol. The first kappa shape index (κ1) is 14.0. The second-order valence-corrected chi connectivity index (χ2v) is 5.02. The van der Waals surface area contributed by atoms with Crippen LogP contribution in [0.4, 0.5) is 4.39 Å². The molecule has 2 rings (SSSR count). The van der Waals surface area contributed by atoms with Gasteiger partial charge in [0.1, 0.15) is 11.9 Å². The van der Waals surface area contributed by atoms with Crippen LogP contribution in [-0.2, 0) is 11.3 Å². The molecule has 1 fully saturated rings. The van der Waals surface area contributed by atoms with Gasteiger partial charge in [-0.3, -0.25) is 9.69 Å². The molecule has 1 heterocycles. The summed E-state index contributed by atoms with van der Waals surface area (Å²) < 4.78 is 12.8. The fraction of sp³-hybridized carbons (Fsp3) is 0.500. The van der Waals surface area contributed by atoms with Crippen molar-refractivity contribution in [1.82, 2.24) is 15.1 Å². The Labute approximate surface area is 113 Å². The highest BCUT2D eigenvalue weighted by molar-refractivity contribution is 5.82. The molecule has 0 spiro atoms. The van der Waals surface area contributed by atoms with E-state index in [4.69, 9.17) is 0 Å². The highest BCUT2D eigenvalue weighted by Crippen LogP contribution is 2.09. The third-order valence-electron chi connectivity index (χ3n) is 3.51. The lowest BCUT2D eigenvalue weighted by Crippen LogP contribution is -2.56. The van der Waals surface area contributed by atoms with Crippen molar-refractivity contribution >= 4 is 5.91 Å². The molecule has 0 radical (unpaired) electrons. The number of likely N-dealkylation sites (N-methyl/N-ethyl adjacent to an activating group) is 2. The van der Waals surface area contributed by atoms with Crippen LogP contribution in [0.25, 0.3) is 0 Å². The van der Waals surface area contributed by atoms with Gasteiger partial charge in [-0.1, -0.05) is 12.1 Å². The Balaban J connectivity index is 1.96. The van der Waals surface area contributed by atoms with Crippen molar-refractivity contribution in [2.24, 2.45) is 0 Å². The molecule has 0 bridgehead atoms. The Morgan fingerprint density at radius 3 is 2.79 bits per heavy atom. The number of carbonyl (C=O) groups excluding carboxylic acids is 1. The number of hydrogen-bond acceptors (Lipinski definition) is 3. The Bertz CT molecular complexity index is 435. The van der Waals surface area contributed by atoms with Crippen molar-refractivity contribution in [3.8, 4) is 0 Å². The molecule has 1 atom stereocenters. The maximum Gasteiger partial charge on any atom is 0.241 e. The number of hydrogen-bond donors (Lipinski definition) is 1. The minimum absolute atomic E-state index is 0.0963. The smallest absolute Gasteiger partial charge is 0.241 e. The van der Waals surface area contributed by atoms with E-state index in [0.29, 0.717) is 13.1 Å². The molecule has 104 valence electrons. The fourth-order valence-corrected chi connectivity index (χ4v) is 2.28. The minimum atomic E-state index is -0.256. The van der Waals surface area contributed by atoms with Crippen LogP contribution < -0.4 is 5.32 Å². The predicted octanol–water partition coefficient (Wildman–Crippen LogP) is 0.688. The molecule has 4 nitrogen and oxygen atoms in total.